The number of hydrogen-bond acceptors (Lipinski definition) is 4. The Labute approximate surface area is 116 Å². The van der Waals surface area contributed by atoms with E-state index in [-0.39, 0.29) is 11.5 Å². The predicted molar refractivity (Wildman–Crippen MR) is 71.2 cm³/mol. The van der Waals surface area contributed by atoms with E-state index in [1.54, 1.807) is 6.92 Å². The topological polar surface area (TPSA) is 51.0 Å². The van der Waals surface area contributed by atoms with Crippen LogP contribution in [-0.4, -0.2) is 22.8 Å². The summed E-state index contributed by atoms with van der Waals surface area (Å²) in [5.74, 6) is -1.14. The van der Waals surface area contributed by atoms with Gasteiger partial charge in [-0.25, -0.2) is 8.78 Å². The van der Waals surface area contributed by atoms with Gasteiger partial charge in [0, 0.05) is 19.0 Å². The van der Waals surface area contributed by atoms with Crippen LogP contribution < -0.4 is 5.32 Å². The van der Waals surface area contributed by atoms with E-state index in [2.05, 4.69) is 15.5 Å². The van der Waals surface area contributed by atoms with Crippen LogP contribution in [-0.2, 0) is 6.42 Å². The van der Waals surface area contributed by atoms with E-state index in [4.69, 9.17) is 4.42 Å². The quantitative estimate of drug-likeness (QED) is 0.915. The molecule has 0 atom stereocenters. The van der Waals surface area contributed by atoms with Crippen molar-refractivity contribution >= 4 is 0 Å². The molecule has 4 nitrogen and oxygen atoms in total. The first-order valence-corrected chi connectivity index (χ1v) is 6.49. The lowest BCUT2D eigenvalue weighted by atomic mass is 10.1. The van der Waals surface area contributed by atoms with Crippen molar-refractivity contribution in [2.75, 3.05) is 6.54 Å². The summed E-state index contributed by atoms with van der Waals surface area (Å²) < 4.78 is 33.0. The van der Waals surface area contributed by atoms with E-state index >= 15 is 0 Å². The highest BCUT2D eigenvalue weighted by Crippen LogP contribution is 2.26. The maximum Gasteiger partial charge on any atom is 0.253 e. The molecule has 0 saturated carbocycles. The molecule has 1 aromatic heterocycles. The van der Waals surface area contributed by atoms with Gasteiger partial charge in [-0.1, -0.05) is 19.9 Å². The van der Waals surface area contributed by atoms with Crippen molar-refractivity contribution in [2.24, 2.45) is 0 Å². The first-order valence-electron chi connectivity index (χ1n) is 6.49. The largest absolute Gasteiger partial charge is 0.420 e. The fourth-order valence-corrected chi connectivity index (χ4v) is 1.78. The Morgan fingerprint density at radius 3 is 2.70 bits per heavy atom. The molecule has 0 amide bonds. The monoisotopic (exact) mass is 281 g/mol. The number of aromatic nitrogens is 2. The van der Waals surface area contributed by atoms with Gasteiger partial charge in [0.25, 0.3) is 5.89 Å². The molecule has 0 bridgehead atoms. The predicted octanol–water partition coefficient (Wildman–Crippen LogP) is 2.86. The smallest absolute Gasteiger partial charge is 0.253 e. The fourth-order valence-electron chi connectivity index (χ4n) is 1.78. The maximum absolute atomic E-state index is 13.9. The summed E-state index contributed by atoms with van der Waals surface area (Å²) in [4.78, 5) is 0. The number of halogens is 2. The Kier molecular flexibility index (Phi) is 4.44. The number of benzene rings is 1. The summed E-state index contributed by atoms with van der Waals surface area (Å²) in [6.45, 7) is 6.27. The standard InChI is InChI=1S/C14H17F2N3O/c1-8(2)17-7-6-11-18-19-14(20-11)12-10(15)5-4-9(3)13(12)16/h4-5,8,17H,6-7H2,1-3H3. The van der Waals surface area contributed by atoms with Crippen molar-refractivity contribution in [1.29, 1.82) is 0 Å². The molecule has 0 aliphatic rings. The molecule has 0 aliphatic heterocycles. The maximum atomic E-state index is 13.9. The first-order chi connectivity index (χ1) is 9.49. The van der Waals surface area contributed by atoms with Crippen molar-refractivity contribution in [1.82, 2.24) is 15.5 Å². The molecule has 0 aliphatic carbocycles. The lowest BCUT2D eigenvalue weighted by molar-refractivity contribution is 0.477. The molecule has 1 heterocycles. The number of nitrogens with one attached hydrogen (secondary N) is 1. The van der Waals surface area contributed by atoms with Crippen LogP contribution in [0.25, 0.3) is 11.5 Å². The van der Waals surface area contributed by atoms with Crippen molar-refractivity contribution in [3.05, 3.63) is 35.2 Å². The summed E-state index contributed by atoms with van der Waals surface area (Å²) in [6.07, 6.45) is 0.514. The molecule has 0 spiro atoms. The molecular weight excluding hydrogens is 264 g/mol. The number of hydrogen-bond donors (Lipinski definition) is 1. The van der Waals surface area contributed by atoms with Crippen LogP contribution >= 0.6 is 0 Å². The summed E-state index contributed by atoms with van der Waals surface area (Å²) in [5.41, 5.74) is 0.0724. The molecule has 1 aromatic carbocycles. The summed E-state index contributed by atoms with van der Waals surface area (Å²) in [5, 5.41) is 10.7. The van der Waals surface area contributed by atoms with Crippen LogP contribution in [0.2, 0.25) is 0 Å². The lowest BCUT2D eigenvalue weighted by Gasteiger charge is -2.05. The fraction of sp³-hybridized carbons (Fsp3) is 0.429. The first kappa shape index (κ1) is 14.6. The third-order valence-corrected chi connectivity index (χ3v) is 2.86. The highest BCUT2D eigenvalue weighted by atomic mass is 19.1. The van der Waals surface area contributed by atoms with Crippen LogP contribution in [0.4, 0.5) is 8.78 Å². The Bertz CT molecular complexity index is 596. The van der Waals surface area contributed by atoms with Gasteiger partial charge < -0.3 is 9.73 Å². The second-order valence-corrected chi connectivity index (χ2v) is 4.91. The average molecular weight is 281 g/mol. The lowest BCUT2D eigenvalue weighted by Crippen LogP contribution is -2.25. The zero-order valence-corrected chi connectivity index (χ0v) is 11.7. The van der Waals surface area contributed by atoms with E-state index in [9.17, 15) is 8.78 Å². The normalized spacial score (nSPS) is 11.3. The summed E-state index contributed by atoms with van der Waals surface area (Å²) in [7, 11) is 0. The Hall–Kier alpha value is -1.82. The second-order valence-electron chi connectivity index (χ2n) is 4.91. The molecule has 0 saturated heterocycles. The molecule has 1 N–H and O–H groups in total. The zero-order chi connectivity index (χ0) is 14.7. The molecule has 108 valence electrons. The van der Waals surface area contributed by atoms with Crippen molar-refractivity contribution in [3.8, 4) is 11.5 Å². The van der Waals surface area contributed by atoms with Gasteiger partial charge in [0.2, 0.25) is 5.89 Å². The van der Waals surface area contributed by atoms with Gasteiger partial charge in [-0.05, 0) is 18.6 Å². The van der Waals surface area contributed by atoms with Gasteiger partial charge in [-0.15, -0.1) is 10.2 Å². The third-order valence-electron chi connectivity index (χ3n) is 2.86. The molecule has 0 radical (unpaired) electrons. The Morgan fingerprint density at radius 1 is 1.25 bits per heavy atom. The van der Waals surface area contributed by atoms with Gasteiger partial charge in [0.05, 0.1) is 0 Å². The Balaban J connectivity index is 2.19. The van der Waals surface area contributed by atoms with Crippen LogP contribution in [0.15, 0.2) is 16.5 Å². The average Bonchev–Trinajstić information content (AvgIpc) is 2.83. The summed E-state index contributed by atoms with van der Waals surface area (Å²) in [6, 6.07) is 2.92. The van der Waals surface area contributed by atoms with Crippen LogP contribution in [0.3, 0.4) is 0 Å². The van der Waals surface area contributed by atoms with Gasteiger partial charge in [0.15, 0.2) is 0 Å². The minimum absolute atomic E-state index is 0.122. The molecule has 2 rings (SSSR count). The summed E-state index contributed by atoms with van der Waals surface area (Å²) >= 11 is 0. The van der Waals surface area contributed by atoms with Crippen molar-refractivity contribution in [3.63, 3.8) is 0 Å². The van der Waals surface area contributed by atoms with Crippen molar-refractivity contribution < 1.29 is 13.2 Å². The molecule has 6 heteroatoms. The van der Waals surface area contributed by atoms with Gasteiger partial charge in [-0.2, -0.15) is 0 Å². The molecule has 0 fully saturated rings. The number of rotatable bonds is 5. The van der Waals surface area contributed by atoms with Gasteiger partial charge >= 0.3 is 0 Å². The van der Waals surface area contributed by atoms with Crippen LogP contribution in [0.1, 0.15) is 25.3 Å². The Morgan fingerprint density at radius 2 is 2.00 bits per heavy atom. The highest BCUT2D eigenvalue weighted by Gasteiger charge is 2.19. The zero-order valence-electron chi connectivity index (χ0n) is 11.7. The van der Waals surface area contributed by atoms with E-state index in [1.807, 2.05) is 13.8 Å². The van der Waals surface area contributed by atoms with Gasteiger partial charge in [-0.3, -0.25) is 0 Å². The van der Waals surface area contributed by atoms with E-state index in [1.165, 1.54) is 12.1 Å². The number of aryl methyl sites for hydroxylation is 1. The van der Waals surface area contributed by atoms with Crippen LogP contribution in [0, 0.1) is 18.6 Å². The van der Waals surface area contributed by atoms with Crippen LogP contribution in [0.5, 0.6) is 0 Å². The minimum atomic E-state index is -0.705. The number of nitrogens with zero attached hydrogens (tertiary/aromatic N) is 2. The van der Waals surface area contributed by atoms with E-state index < -0.39 is 11.6 Å². The van der Waals surface area contributed by atoms with E-state index in [0.717, 1.165) is 0 Å². The SMILES string of the molecule is Cc1ccc(F)c(-c2nnc(CCNC(C)C)o2)c1F. The molecular formula is C14H17F2N3O. The van der Waals surface area contributed by atoms with Gasteiger partial charge in [0.1, 0.15) is 17.2 Å². The second kappa shape index (κ2) is 6.09. The molecule has 0 unspecified atom stereocenters. The molecule has 20 heavy (non-hydrogen) atoms. The third kappa shape index (κ3) is 3.19. The molecule has 2 aromatic rings. The van der Waals surface area contributed by atoms with E-state index in [0.29, 0.717) is 30.5 Å². The highest BCUT2D eigenvalue weighted by molar-refractivity contribution is 5.56. The van der Waals surface area contributed by atoms with Crippen molar-refractivity contribution in [2.45, 2.75) is 33.2 Å². The minimum Gasteiger partial charge on any atom is -0.420 e.